The number of unbranched alkanes of at least 4 members (excludes halogenated alkanes) is 10. The Balaban J connectivity index is 0.0000165. The van der Waals surface area contributed by atoms with Gasteiger partial charge in [-0.2, -0.15) is 23.5 Å². The summed E-state index contributed by atoms with van der Waals surface area (Å²) in [6, 6.07) is -9.05. The fourth-order valence-electron chi connectivity index (χ4n) is 14.7. The zero-order valence-corrected chi connectivity index (χ0v) is 62.6. The first-order valence-electron chi connectivity index (χ1n) is 37.9. The van der Waals surface area contributed by atoms with E-state index in [0.29, 0.717) is 31.0 Å². The molecular weight excluding hydrogens is 1480 g/mol. The molecular formula is C66H131N15O26S2. The van der Waals surface area contributed by atoms with Gasteiger partial charge in [0.1, 0.15) is 122 Å². The van der Waals surface area contributed by atoms with E-state index in [4.69, 9.17) is 126 Å². The highest BCUT2D eigenvalue weighted by Gasteiger charge is 2.58. The summed E-state index contributed by atoms with van der Waals surface area (Å²) in [5.41, 5.74) is 73.7. The van der Waals surface area contributed by atoms with E-state index in [-0.39, 0.29) is 76.4 Å². The highest BCUT2D eigenvalue weighted by Crippen LogP contribution is 2.39. The number of urea groups is 1. The molecule has 6 saturated heterocycles. The minimum absolute atomic E-state index is 0. The van der Waals surface area contributed by atoms with Crippen LogP contribution in [0.1, 0.15) is 97.3 Å². The summed E-state index contributed by atoms with van der Waals surface area (Å²) in [6.45, 7) is 0.307. The Morgan fingerprint density at radius 1 is 0.321 bits per heavy atom. The van der Waals surface area contributed by atoms with Gasteiger partial charge in [0.2, 0.25) is 5.91 Å². The Hall–Kier alpha value is -2.00. The number of hydrogen-bond donors (Lipinski definition) is 27. The normalized spacial score (nSPS) is 44.1. The van der Waals surface area contributed by atoms with E-state index >= 15 is 0 Å². The average molecular weight is 1610 g/mol. The zero-order valence-electron chi connectivity index (χ0n) is 60.9. The molecule has 8 aliphatic rings. The Kier molecular flexibility index (Phi) is 39.4. The number of nitrogens with one attached hydrogen (secondary N) is 3. The Bertz CT molecular complexity index is 2460. The van der Waals surface area contributed by atoms with Gasteiger partial charge in [0.25, 0.3) is 0 Å². The lowest BCUT2D eigenvalue weighted by atomic mass is 9.84. The molecule has 38 atom stereocenters. The van der Waals surface area contributed by atoms with E-state index in [9.17, 15) is 70.9 Å². The molecule has 109 heavy (non-hydrogen) atoms. The van der Waals surface area contributed by atoms with Gasteiger partial charge in [0.05, 0.1) is 48.6 Å². The van der Waals surface area contributed by atoms with Gasteiger partial charge in [-0.25, -0.2) is 4.79 Å². The van der Waals surface area contributed by atoms with Gasteiger partial charge in [0.15, 0.2) is 37.7 Å². The van der Waals surface area contributed by atoms with Crippen molar-refractivity contribution in [2.75, 3.05) is 68.8 Å². The largest absolute Gasteiger partial charge is 0.389 e. The lowest BCUT2D eigenvalue weighted by Crippen LogP contribution is -2.68. The summed E-state index contributed by atoms with van der Waals surface area (Å²) in [5, 5.41) is 140. The number of rotatable bonds is 40. The number of ether oxygens (including phenoxy) is 12. The smallest absolute Gasteiger partial charge is 0.314 e. The predicted molar refractivity (Wildman–Crippen MR) is 394 cm³/mol. The lowest BCUT2D eigenvalue weighted by molar-refractivity contribution is -0.306. The van der Waals surface area contributed by atoms with Crippen LogP contribution < -0.4 is 84.8 Å². The van der Waals surface area contributed by atoms with Crippen LogP contribution >= 0.6 is 23.5 Å². The van der Waals surface area contributed by atoms with Gasteiger partial charge < -0.3 is 203 Å². The third kappa shape index (κ3) is 24.8. The first kappa shape index (κ1) is 94.2. The molecule has 0 aromatic heterocycles. The molecule has 39 N–H and O–H groups in total. The van der Waals surface area contributed by atoms with Crippen LogP contribution in [-0.2, 0) is 61.6 Å². The molecule has 2 aliphatic carbocycles. The topological polar surface area (TPSA) is 736 Å². The van der Waals surface area contributed by atoms with Gasteiger partial charge in [-0.05, 0) is 25.7 Å². The van der Waals surface area contributed by atoms with Crippen molar-refractivity contribution < 1.29 is 128 Å². The van der Waals surface area contributed by atoms with E-state index in [1.54, 1.807) is 0 Å². The maximum atomic E-state index is 12.8. The Morgan fingerprint density at radius 3 is 0.945 bits per heavy atom. The summed E-state index contributed by atoms with van der Waals surface area (Å²) in [6.07, 6.45) is -28.8. The molecule has 8 rings (SSSR count). The van der Waals surface area contributed by atoms with Crippen molar-refractivity contribution in [3.05, 3.63) is 0 Å². The fourth-order valence-corrected chi connectivity index (χ4v) is 16.5. The van der Waals surface area contributed by atoms with Crippen molar-refractivity contribution in [1.29, 1.82) is 0 Å². The van der Waals surface area contributed by atoms with Gasteiger partial charge >= 0.3 is 6.03 Å². The summed E-state index contributed by atoms with van der Waals surface area (Å²) in [4.78, 5) is 25.6. The van der Waals surface area contributed by atoms with Gasteiger partial charge in [-0.15, -0.1) is 0 Å². The third-order valence-corrected chi connectivity index (χ3v) is 23.5. The highest BCUT2D eigenvalue weighted by atomic mass is 32.2. The van der Waals surface area contributed by atoms with Gasteiger partial charge in [0, 0.05) is 99.4 Å². The van der Waals surface area contributed by atoms with Gasteiger partial charge in [-0.1, -0.05) is 65.2 Å². The second-order valence-corrected chi connectivity index (χ2v) is 31.7. The summed E-state index contributed by atoms with van der Waals surface area (Å²) in [7, 11) is 0. The minimum Gasteiger partial charge on any atom is -0.389 e. The van der Waals surface area contributed by atoms with Crippen LogP contribution in [0.3, 0.4) is 0 Å². The number of aliphatic hydroxyl groups excluding tert-OH is 12. The predicted octanol–water partition coefficient (Wildman–Crippen LogP) is -11.6. The number of aliphatic hydroxyl groups is 12. The van der Waals surface area contributed by atoms with Crippen LogP contribution in [0.15, 0.2) is 0 Å². The van der Waals surface area contributed by atoms with Crippen molar-refractivity contribution in [2.24, 2.45) is 68.8 Å². The Labute approximate surface area is 644 Å². The molecule has 2 saturated carbocycles. The monoisotopic (exact) mass is 1610 g/mol. The number of carbonyl (C=O) groups excluding carboxylic acids is 2. The third-order valence-electron chi connectivity index (χ3n) is 21.4. The maximum Gasteiger partial charge on any atom is 0.314 e. The fraction of sp³-hybridized carbons (Fsp3) is 0.970. The van der Waals surface area contributed by atoms with Crippen LogP contribution in [0, 0.1) is 0 Å². The van der Waals surface area contributed by atoms with Crippen molar-refractivity contribution in [3.8, 4) is 0 Å². The number of amides is 3. The van der Waals surface area contributed by atoms with E-state index in [1.807, 2.05) is 0 Å². The van der Waals surface area contributed by atoms with Crippen LogP contribution in [0.25, 0.3) is 0 Å². The first-order valence-corrected chi connectivity index (χ1v) is 40.2. The van der Waals surface area contributed by atoms with Crippen LogP contribution in [0.5, 0.6) is 0 Å². The minimum atomic E-state index is -1.60. The molecule has 3 amide bonds. The molecule has 0 spiro atoms. The number of nitrogens with two attached hydrogens (primary N) is 12. The first-order chi connectivity index (χ1) is 51.5. The average Bonchev–Trinajstić information content (AvgIpc) is 1.73. The molecule has 41 nitrogen and oxygen atoms in total. The second-order valence-electron chi connectivity index (χ2n) is 29.4. The summed E-state index contributed by atoms with van der Waals surface area (Å²) < 4.78 is 73.1. The molecule has 0 aromatic rings. The lowest BCUT2D eigenvalue weighted by Gasteiger charge is -2.47. The molecule has 0 bridgehead atoms. The molecule has 0 aromatic carbocycles. The van der Waals surface area contributed by atoms with E-state index in [0.717, 1.165) is 70.6 Å². The van der Waals surface area contributed by atoms with Crippen LogP contribution in [0.4, 0.5) is 4.79 Å². The van der Waals surface area contributed by atoms with Crippen molar-refractivity contribution in [2.45, 2.75) is 330 Å². The second kappa shape index (κ2) is 45.7. The molecule has 638 valence electrons. The SMILES string of the molecule is C.NCC1O[C@H](OC2C(N)C[C@@H](N)C(O)[C@H]2O[C@@H]2O[C@H](CSCCNC(=O)CCCCCCCCCCCCCNC(=O)NCCSC[C@H]3O[C@@H](OC4C(O[C@@H]5OC(CN)C(O)[C@H](O)C5N)C(N)C[C@H](N)[C@@H]4O)C(O)C3O[C@@H]3O[C@H](CN)C(O)C(O)C3N)C(O[C@H]3O[C@@H](CN)C(O)C(O)C3N)[C@@H]2O)C(N)[C@@H](O)C1O. The molecule has 6 heterocycles. The van der Waals surface area contributed by atoms with Crippen LogP contribution in [-0.4, -0.2) is 375 Å². The quantitative estimate of drug-likeness (QED) is 0.0253. The molecule has 0 radical (unpaired) electrons. The summed E-state index contributed by atoms with van der Waals surface area (Å²) >= 11 is 2.73. The van der Waals surface area contributed by atoms with Crippen molar-refractivity contribution >= 4 is 35.5 Å². The summed E-state index contributed by atoms with van der Waals surface area (Å²) in [5.74, 6) is 1.07. The van der Waals surface area contributed by atoms with E-state index in [1.165, 1.54) is 23.5 Å². The maximum absolute atomic E-state index is 12.8. The standard InChI is InChI=1S/C65H127N15O26S2.CH4/c66-20-30-43(84)47(88)37(74)59(95-30)101-53-28(72)18-26(70)41(82)57(53)105-63-51(92)55(103-61-39(76)49(90)45(86)32(22-68)97-61)34(99-63)24-107-16-14-78-36(81)12-10-8-6-4-2-1-3-5-7-9-11-13-79-65(94)80-15-17-108-25-35-56(104-62-40(77)50(91)46(87)33(23-69)98-62)52(93)64(100-35)106-58-42(83)27(71)19-29(73)54(58)102-60-38(75)48(89)44(85)31(21-67)96-60;/h26-35,37-64,82-93H,1-25,66-77H2,(H,78,81)(H2,79,80,94);1H4/t26-,27+,28?,29?,30?,31?,32+,33-,34-,35-,37?,38?,39?,40?,41?,42+,43?,44?,45?,46?,47-,48-,49?,50?,51+,52?,53?,54?,55?,56?,57-,58?,59-,60+,61-,62+,63+,64+;/m1./s1. The molecule has 8 fully saturated rings. The Morgan fingerprint density at radius 2 is 0.606 bits per heavy atom. The number of thioether (sulfide) groups is 2. The van der Waals surface area contributed by atoms with Crippen molar-refractivity contribution in [3.63, 3.8) is 0 Å². The zero-order chi connectivity index (χ0) is 78.8. The molecule has 21 unspecified atom stereocenters. The molecule has 6 aliphatic heterocycles. The van der Waals surface area contributed by atoms with E-state index in [2.05, 4.69) is 16.0 Å². The molecule has 43 heteroatoms. The van der Waals surface area contributed by atoms with Crippen LogP contribution in [0.2, 0.25) is 0 Å². The number of hydrogen-bond acceptors (Lipinski definition) is 40. The van der Waals surface area contributed by atoms with Gasteiger partial charge in [-0.3, -0.25) is 4.79 Å². The van der Waals surface area contributed by atoms with Crippen molar-refractivity contribution in [1.82, 2.24) is 16.0 Å². The highest BCUT2D eigenvalue weighted by molar-refractivity contribution is 7.99. The number of carbonyl (C=O) groups is 2. The van der Waals surface area contributed by atoms with E-state index < -0.39 is 233 Å².